The Morgan fingerprint density at radius 3 is 2.25 bits per heavy atom. The molecule has 2 atom stereocenters. The average Bonchev–Trinajstić information content (AvgIpc) is 1.99. The molecule has 1 saturated carbocycles. The Morgan fingerprint density at radius 1 is 1.17 bits per heavy atom. The molecular formula is C10H16F2. The lowest BCUT2D eigenvalue weighted by Crippen LogP contribution is -2.24. The van der Waals surface area contributed by atoms with E-state index in [1.807, 2.05) is 6.08 Å². The van der Waals surface area contributed by atoms with Crippen LogP contribution >= 0.6 is 0 Å². The van der Waals surface area contributed by atoms with E-state index in [4.69, 9.17) is 0 Å². The van der Waals surface area contributed by atoms with Gasteiger partial charge in [-0.3, -0.25) is 0 Å². The van der Waals surface area contributed by atoms with E-state index in [1.165, 1.54) is 0 Å². The highest BCUT2D eigenvalue weighted by atomic mass is 19.1. The summed E-state index contributed by atoms with van der Waals surface area (Å²) in [4.78, 5) is 0. The maximum absolute atomic E-state index is 12.8. The molecule has 0 amide bonds. The smallest absolute Gasteiger partial charge is 0.103 e. The summed E-state index contributed by atoms with van der Waals surface area (Å²) < 4.78 is 25.7. The third kappa shape index (κ3) is 2.92. The minimum absolute atomic E-state index is 0.116. The summed E-state index contributed by atoms with van der Waals surface area (Å²) in [6, 6.07) is 0. The van der Waals surface area contributed by atoms with Crippen molar-refractivity contribution in [1.82, 2.24) is 0 Å². The monoisotopic (exact) mass is 174 g/mol. The predicted octanol–water partition coefficient (Wildman–Crippen LogP) is 3.43. The quantitative estimate of drug-likeness (QED) is 0.575. The van der Waals surface area contributed by atoms with Crippen molar-refractivity contribution in [3.05, 3.63) is 12.7 Å². The molecule has 0 nitrogen and oxygen atoms in total. The zero-order valence-corrected chi connectivity index (χ0v) is 7.31. The van der Waals surface area contributed by atoms with Crippen molar-refractivity contribution in [3.63, 3.8) is 0 Å². The average molecular weight is 174 g/mol. The lowest BCUT2D eigenvalue weighted by Gasteiger charge is -2.26. The molecule has 1 fully saturated rings. The van der Waals surface area contributed by atoms with Crippen molar-refractivity contribution in [3.8, 4) is 0 Å². The van der Waals surface area contributed by atoms with Gasteiger partial charge in [-0.1, -0.05) is 6.08 Å². The molecule has 1 aliphatic rings. The Morgan fingerprint density at radius 2 is 1.75 bits per heavy atom. The van der Waals surface area contributed by atoms with Crippen LogP contribution in [-0.2, 0) is 0 Å². The van der Waals surface area contributed by atoms with Gasteiger partial charge in [0.15, 0.2) is 0 Å². The maximum Gasteiger partial charge on any atom is 0.103 e. The number of hydrogen-bond donors (Lipinski definition) is 0. The van der Waals surface area contributed by atoms with Gasteiger partial charge in [0.2, 0.25) is 0 Å². The van der Waals surface area contributed by atoms with Crippen LogP contribution in [0.2, 0.25) is 0 Å². The van der Waals surface area contributed by atoms with Gasteiger partial charge in [0.25, 0.3) is 0 Å². The summed E-state index contributed by atoms with van der Waals surface area (Å²) in [5.41, 5.74) is 0. The normalized spacial score (nSPS) is 36.3. The molecule has 0 spiro atoms. The molecule has 0 saturated heterocycles. The summed E-state index contributed by atoms with van der Waals surface area (Å²) in [6.07, 6.45) is 2.98. The van der Waals surface area contributed by atoms with Crippen molar-refractivity contribution in [2.24, 2.45) is 5.92 Å². The molecule has 0 aromatic carbocycles. The summed E-state index contributed by atoms with van der Waals surface area (Å²) >= 11 is 0. The van der Waals surface area contributed by atoms with Crippen LogP contribution in [-0.4, -0.2) is 12.3 Å². The molecule has 1 rings (SSSR count). The molecule has 0 aliphatic heterocycles. The van der Waals surface area contributed by atoms with Crippen molar-refractivity contribution < 1.29 is 8.78 Å². The highest BCUT2D eigenvalue weighted by Gasteiger charge is 2.27. The molecule has 0 radical (unpaired) electrons. The lowest BCUT2D eigenvalue weighted by atomic mass is 9.84. The van der Waals surface area contributed by atoms with Gasteiger partial charge in [0, 0.05) is 6.42 Å². The molecule has 0 aromatic heterocycles. The van der Waals surface area contributed by atoms with Crippen molar-refractivity contribution in [2.45, 2.75) is 44.4 Å². The molecule has 0 bridgehead atoms. The van der Waals surface area contributed by atoms with E-state index in [9.17, 15) is 8.78 Å². The molecule has 2 unspecified atom stereocenters. The first-order chi connectivity index (χ1) is 5.72. The predicted molar refractivity (Wildman–Crippen MR) is 46.6 cm³/mol. The highest BCUT2D eigenvalue weighted by molar-refractivity contribution is 4.80. The summed E-state index contributed by atoms with van der Waals surface area (Å²) in [7, 11) is 0. The van der Waals surface area contributed by atoms with E-state index in [0.29, 0.717) is 12.8 Å². The molecular weight excluding hydrogens is 158 g/mol. The number of halogens is 2. The van der Waals surface area contributed by atoms with E-state index >= 15 is 0 Å². The van der Waals surface area contributed by atoms with Gasteiger partial charge >= 0.3 is 0 Å². The van der Waals surface area contributed by atoms with Crippen LogP contribution in [0.1, 0.15) is 32.1 Å². The van der Waals surface area contributed by atoms with Gasteiger partial charge in [-0.25, -0.2) is 8.78 Å². The molecule has 12 heavy (non-hydrogen) atoms. The number of hydrogen-bond acceptors (Lipinski definition) is 0. The van der Waals surface area contributed by atoms with Crippen LogP contribution in [0.25, 0.3) is 0 Å². The summed E-state index contributed by atoms with van der Waals surface area (Å²) in [5.74, 6) is 0.238. The largest absolute Gasteiger partial charge is 0.247 e. The summed E-state index contributed by atoms with van der Waals surface area (Å²) in [5, 5.41) is 0. The number of rotatable bonds is 3. The molecule has 70 valence electrons. The summed E-state index contributed by atoms with van der Waals surface area (Å²) in [6.45, 7) is 3.60. The lowest BCUT2D eigenvalue weighted by molar-refractivity contribution is 0.112. The van der Waals surface area contributed by atoms with Gasteiger partial charge in [-0.05, 0) is 31.6 Å². The van der Waals surface area contributed by atoms with Crippen LogP contribution < -0.4 is 0 Å². The van der Waals surface area contributed by atoms with E-state index in [0.717, 1.165) is 12.8 Å². The van der Waals surface area contributed by atoms with Gasteiger partial charge in [-0.15, -0.1) is 6.58 Å². The van der Waals surface area contributed by atoms with Crippen molar-refractivity contribution in [1.29, 1.82) is 0 Å². The van der Waals surface area contributed by atoms with E-state index in [1.54, 1.807) is 0 Å². The van der Waals surface area contributed by atoms with E-state index in [-0.39, 0.29) is 12.3 Å². The van der Waals surface area contributed by atoms with Crippen LogP contribution in [0.15, 0.2) is 12.7 Å². The van der Waals surface area contributed by atoms with E-state index in [2.05, 4.69) is 6.58 Å². The minimum Gasteiger partial charge on any atom is -0.247 e. The SMILES string of the molecule is C=CCCC1CC(F)CC(F)C1. The molecule has 0 N–H and O–H groups in total. The van der Waals surface area contributed by atoms with E-state index < -0.39 is 12.3 Å². The minimum atomic E-state index is -0.913. The van der Waals surface area contributed by atoms with Crippen LogP contribution in [0.5, 0.6) is 0 Å². The molecule has 0 aromatic rings. The fourth-order valence-electron chi connectivity index (χ4n) is 1.88. The van der Waals surface area contributed by atoms with Crippen LogP contribution in [0, 0.1) is 5.92 Å². The fraction of sp³-hybridized carbons (Fsp3) is 0.800. The first-order valence-electron chi connectivity index (χ1n) is 4.61. The molecule has 2 heteroatoms. The Bertz CT molecular complexity index is 135. The second-order valence-corrected chi connectivity index (χ2v) is 3.63. The topological polar surface area (TPSA) is 0 Å². The second kappa shape index (κ2) is 4.58. The van der Waals surface area contributed by atoms with Crippen molar-refractivity contribution in [2.75, 3.05) is 0 Å². The fourth-order valence-corrected chi connectivity index (χ4v) is 1.88. The molecule has 0 heterocycles. The number of alkyl halides is 2. The van der Waals surface area contributed by atoms with Crippen LogP contribution in [0.4, 0.5) is 8.78 Å². The molecule has 1 aliphatic carbocycles. The first-order valence-corrected chi connectivity index (χ1v) is 4.61. The van der Waals surface area contributed by atoms with Crippen molar-refractivity contribution >= 4 is 0 Å². The third-order valence-electron chi connectivity index (χ3n) is 2.47. The first kappa shape index (κ1) is 9.69. The second-order valence-electron chi connectivity index (χ2n) is 3.63. The van der Waals surface area contributed by atoms with Gasteiger partial charge in [0.05, 0.1) is 0 Å². The highest BCUT2D eigenvalue weighted by Crippen LogP contribution is 2.31. The number of allylic oxidation sites excluding steroid dienone is 1. The zero-order valence-electron chi connectivity index (χ0n) is 7.31. The standard InChI is InChI=1S/C10H16F2/c1-2-3-4-8-5-9(11)7-10(12)6-8/h2,8-10H,1,3-7H2. The van der Waals surface area contributed by atoms with Gasteiger partial charge < -0.3 is 0 Å². The van der Waals surface area contributed by atoms with Gasteiger partial charge in [0.1, 0.15) is 12.3 Å². The Hall–Kier alpha value is -0.400. The van der Waals surface area contributed by atoms with Gasteiger partial charge in [-0.2, -0.15) is 0 Å². The zero-order chi connectivity index (χ0) is 8.97. The maximum atomic E-state index is 12.8. The third-order valence-corrected chi connectivity index (χ3v) is 2.47. The van der Waals surface area contributed by atoms with Crippen LogP contribution in [0.3, 0.4) is 0 Å². The Kier molecular flexibility index (Phi) is 3.70. The Balaban J connectivity index is 2.28. The Labute approximate surface area is 72.7 Å².